The molecule has 0 aliphatic heterocycles. The van der Waals surface area contributed by atoms with E-state index in [1.807, 2.05) is 0 Å². The Labute approximate surface area is 288 Å². The van der Waals surface area contributed by atoms with Crippen LogP contribution >= 0.6 is 12.4 Å². The first-order valence-corrected chi connectivity index (χ1v) is 21.1. The fraction of sp³-hybridized carbons (Fsp3) is 1.00. The SMILES string of the molecule is CCCCCCCCCCCCCCCCCCCCCCN(CC)CCCCCCCCCCCCCCCCCC.Cl. The molecule has 0 aromatic rings. The number of unbranched alkanes of at least 4 members (excludes halogenated alkanes) is 34. The lowest BCUT2D eigenvalue weighted by Crippen LogP contribution is -2.25. The third-order valence-corrected chi connectivity index (χ3v) is 10.1. The molecule has 268 valence electrons. The van der Waals surface area contributed by atoms with E-state index in [1.54, 1.807) is 0 Å². The van der Waals surface area contributed by atoms with Crippen molar-refractivity contribution in [2.75, 3.05) is 19.6 Å². The molecule has 0 atom stereocenters. The quantitative estimate of drug-likeness (QED) is 0.0603. The highest BCUT2D eigenvalue weighted by Gasteiger charge is 2.02. The van der Waals surface area contributed by atoms with Crippen molar-refractivity contribution in [1.29, 1.82) is 0 Å². The molecule has 0 spiro atoms. The van der Waals surface area contributed by atoms with Crippen LogP contribution in [0, 0.1) is 0 Å². The minimum Gasteiger partial charge on any atom is -0.304 e. The molecule has 0 aromatic heterocycles. The molecule has 0 radical (unpaired) electrons. The first kappa shape index (κ1) is 46.4. The fourth-order valence-corrected chi connectivity index (χ4v) is 6.90. The third kappa shape index (κ3) is 40.3. The van der Waals surface area contributed by atoms with Crippen LogP contribution in [0.1, 0.15) is 252 Å². The van der Waals surface area contributed by atoms with Gasteiger partial charge in [0.05, 0.1) is 0 Å². The van der Waals surface area contributed by atoms with Gasteiger partial charge in [-0.25, -0.2) is 0 Å². The van der Waals surface area contributed by atoms with E-state index >= 15 is 0 Å². The van der Waals surface area contributed by atoms with Crippen LogP contribution in [0.5, 0.6) is 0 Å². The lowest BCUT2D eigenvalue weighted by Gasteiger charge is -2.20. The molecule has 0 bridgehead atoms. The molecule has 0 saturated carbocycles. The van der Waals surface area contributed by atoms with Crippen molar-refractivity contribution < 1.29 is 0 Å². The van der Waals surface area contributed by atoms with E-state index in [0.717, 1.165) is 0 Å². The van der Waals surface area contributed by atoms with Crippen molar-refractivity contribution in [2.24, 2.45) is 0 Å². The Morgan fingerprint density at radius 3 is 0.545 bits per heavy atom. The summed E-state index contributed by atoms with van der Waals surface area (Å²) in [6.45, 7) is 10.9. The average Bonchev–Trinajstić information content (AvgIpc) is 3.02. The summed E-state index contributed by atoms with van der Waals surface area (Å²) in [6, 6.07) is 0. The maximum Gasteiger partial charge on any atom is -0.00189 e. The Morgan fingerprint density at radius 2 is 0.386 bits per heavy atom. The number of nitrogens with zero attached hydrogens (tertiary/aromatic N) is 1. The smallest absolute Gasteiger partial charge is 0.00189 e. The van der Waals surface area contributed by atoms with Gasteiger partial charge in [0.1, 0.15) is 0 Å². The predicted octanol–water partition coefficient (Wildman–Crippen LogP) is 15.8. The van der Waals surface area contributed by atoms with E-state index in [9.17, 15) is 0 Å². The summed E-state index contributed by atoms with van der Waals surface area (Å²) in [5.41, 5.74) is 0. The van der Waals surface area contributed by atoms with Gasteiger partial charge in [0, 0.05) is 0 Å². The molecular formula is C42H88ClN. The van der Waals surface area contributed by atoms with Crippen molar-refractivity contribution in [3.63, 3.8) is 0 Å². The highest BCUT2D eigenvalue weighted by molar-refractivity contribution is 5.85. The van der Waals surface area contributed by atoms with Gasteiger partial charge in [-0.3, -0.25) is 0 Å². The molecule has 0 aliphatic rings. The fourth-order valence-electron chi connectivity index (χ4n) is 6.90. The molecule has 0 aliphatic carbocycles. The van der Waals surface area contributed by atoms with E-state index in [2.05, 4.69) is 25.7 Å². The Hall–Kier alpha value is 0.250. The van der Waals surface area contributed by atoms with E-state index in [1.165, 1.54) is 251 Å². The number of halogens is 1. The van der Waals surface area contributed by atoms with Gasteiger partial charge < -0.3 is 4.90 Å². The Bertz CT molecular complexity index is 467. The van der Waals surface area contributed by atoms with Crippen molar-refractivity contribution in [2.45, 2.75) is 252 Å². The van der Waals surface area contributed by atoms with Crippen LogP contribution in [0.15, 0.2) is 0 Å². The minimum absolute atomic E-state index is 0. The molecule has 1 nitrogen and oxygen atoms in total. The van der Waals surface area contributed by atoms with Crippen LogP contribution in [0.25, 0.3) is 0 Å². The van der Waals surface area contributed by atoms with E-state index in [0.29, 0.717) is 0 Å². The summed E-state index contributed by atoms with van der Waals surface area (Å²) in [7, 11) is 0. The molecule has 0 aromatic carbocycles. The second kappa shape index (κ2) is 43.2. The minimum atomic E-state index is 0. The van der Waals surface area contributed by atoms with Crippen LogP contribution in [-0.4, -0.2) is 24.5 Å². The van der Waals surface area contributed by atoms with Crippen molar-refractivity contribution in [1.82, 2.24) is 4.90 Å². The van der Waals surface area contributed by atoms with Gasteiger partial charge in [-0.1, -0.05) is 239 Å². The first-order valence-electron chi connectivity index (χ1n) is 21.1. The number of hydrogen-bond donors (Lipinski definition) is 0. The second-order valence-corrected chi connectivity index (χ2v) is 14.5. The van der Waals surface area contributed by atoms with E-state index in [-0.39, 0.29) is 12.4 Å². The van der Waals surface area contributed by atoms with Crippen LogP contribution < -0.4 is 0 Å². The Morgan fingerprint density at radius 1 is 0.227 bits per heavy atom. The van der Waals surface area contributed by atoms with Crippen LogP contribution in [0.4, 0.5) is 0 Å². The van der Waals surface area contributed by atoms with Gasteiger partial charge in [0.2, 0.25) is 0 Å². The summed E-state index contributed by atoms with van der Waals surface area (Å²) in [6.07, 6.45) is 52.9. The number of hydrogen-bond acceptors (Lipinski definition) is 1. The zero-order chi connectivity index (χ0) is 31.2. The van der Waals surface area contributed by atoms with Gasteiger partial charge >= 0.3 is 0 Å². The first-order chi connectivity index (χ1) is 21.3. The van der Waals surface area contributed by atoms with E-state index in [4.69, 9.17) is 0 Å². The van der Waals surface area contributed by atoms with Gasteiger partial charge in [-0.2, -0.15) is 0 Å². The highest BCUT2D eigenvalue weighted by atomic mass is 35.5. The molecule has 0 fully saturated rings. The van der Waals surface area contributed by atoms with Crippen LogP contribution in [0.2, 0.25) is 0 Å². The lowest BCUT2D eigenvalue weighted by atomic mass is 10.0. The predicted molar refractivity (Wildman–Crippen MR) is 207 cm³/mol. The highest BCUT2D eigenvalue weighted by Crippen LogP contribution is 2.16. The molecule has 44 heavy (non-hydrogen) atoms. The molecule has 0 heterocycles. The van der Waals surface area contributed by atoms with Gasteiger partial charge in [-0.15, -0.1) is 12.4 Å². The van der Waals surface area contributed by atoms with Crippen molar-refractivity contribution >= 4 is 12.4 Å². The summed E-state index contributed by atoms with van der Waals surface area (Å²) in [5.74, 6) is 0. The molecule has 0 N–H and O–H groups in total. The molecular weight excluding hydrogens is 554 g/mol. The summed E-state index contributed by atoms with van der Waals surface area (Å²) < 4.78 is 0. The largest absolute Gasteiger partial charge is 0.304 e. The third-order valence-electron chi connectivity index (χ3n) is 10.1. The maximum absolute atomic E-state index is 2.72. The summed E-state index contributed by atoms with van der Waals surface area (Å²) in [5, 5.41) is 0. The monoisotopic (exact) mass is 642 g/mol. The standard InChI is InChI=1S/C42H87N.ClH/c1-4-7-9-11-13-15-17-19-21-23-24-25-26-28-30-32-34-36-38-40-42-43(6-3)41-39-37-35-33-31-29-27-22-20-18-16-14-12-10-8-5-2;/h4-42H2,1-3H3;1H. The molecule has 0 unspecified atom stereocenters. The summed E-state index contributed by atoms with van der Waals surface area (Å²) >= 11 is 0. The molecule has 0 amide bonds. The molecule has 0 saturated heterocycles. The van der Waals surface area contributed by atoms with Crippen molar-refractivity contribution in [3.8, 4) is 0 Å². The normalized spacial score (nSPS) is 11.5. The lowest BCUT2D eigenvalue weighted by molar-refractivity contribution is 0.273. The molecule has 2 heteroatoms. The maximum atomic E-state index is 2.72. The summed E-state index contributed by atoms with van der Waals surface area (Å²) in [4.78, 5) is 2.72. The van der Waals surface area contributed by atoms with E-state index < -0.39 is 0 Å². The zero-order valence-corrected chi connectivity index (χ0v) is 32.2. The number of rotatable bonds is 39. The second-order valence-electron chi connectivity index (χ2n) is 14.5. The Kier molecular flexibility index (Phi) is 45.6. The zero-order valence-electron chi connectivity index (χ0n) is 31.4. The van der Waals surface area contributed by atoms with Gasteiger partial charge in [0.15, 0.2) is 0 Å². The van der Waals surface area contributed by atoms with Crippen molar-refractivity contribution in [3.05, 3.63) is 0 Å². The molecule has 0 rings (SSSR count). The van der Waals surface area contributed by atoms with Crippen LogP contribution in [0.3, 0.4) is 0 Å². The topological polar surface area (TPSA) is 3.24 Å². The average molecular weight is 643 g/mol. The Balaban J connectivity index is 0. The van der Waals surface area contributed by atoms with Gasteiger partial charge in [-0.05, 0) is 32.5 Å². The van der Waals surface area contributed by atoms with Crippen LogP contribution in [-0.2, 0) is 0 Å². The van der Waals surface area contributed by atoms with Gasteiger partial charge in [0.25, 0.3) is 0 Å².